The number of hydrogen-bond acceptors (Lipinski definition) is 1. The van der Waals surface area contributed by atoms with Gasteiger partial charge in [0.15, 0.2) is 0 Å². The quantitative estimate of drug-likeness (QED) is 0.826. The molecule has 3 heteroatoms. The zero-order valence-electron chi connectivity index (χ0n) is 11.7. The largest absolute Gasteiger partial charge is 0.396 e. The molecule has 0 aliphatic heterocycles. The van der Waals surface area contributed by atoms with Crippen LogP contribution in [0.3, 0.4) is 0 Å². The first-order valence-electron chi connectivity index (χ1n) is 6.75. The van der Waals surface area contributed by atoms with E-state index in [9.17, 15) is 0 Å². The van der Waals surface area contributed by atoms with E-state index in [1.54, 1.807) is 0 Å². The highest BCUT2D eigenvalue weighted by Gasteiger charge is 1.90. The second kappa shape index (κ2) is 9.82. The second-order valence-electron chi connectivity index (χ2n) is 4.48. The van der Waals surface area contributed by atoms with Crippen molar-refractivity contribution in [2.45, 2.75) is 26.2 Å². The van der Waals surface area contributed by atoms with Gasteiger partial charge in [0.1, 0.15) is 0 Å². The van der Waals surface area contributed by atoms with Gasteiger partial charge in [-0.05, 0) is 48.2 Å². The van der Waals surface area contributed by atoms with Crippen LogP contribution in [0.4, 0.5) is 0 Å². The number of aliphatic hydroxyl groups is 1. The molecule has 0 heterocycles. The van der Waals surface area contributed by atoms with Gasteiger partial charge in [0, 0.05) is 16.7 Å². The minimum absolute atomic E-state index is 0.196. The van der Waals surface area contributed by atoms with E-state index in [1.807, 2.05) is 36.4 Å². The highest BCUT2D eigenvalue weighted by atomic mass is 35.5. The molecule has 0 radical (unpaired) electrons. The standard InChI is InChI=1S/C9H11Cl.C8H9ClO/c1-2-3-8-4-6-9(10)7-5-8;9-8-3-1-7(2-4-8)5-6-10/h4-7H,2-3H2,1H3;1-4,10H,5-6H2. The summed E-state index contributed by atoms with van der Waals surface area (Å²) in [6.07, 6.45) is 3.05. The second-order valence-corrected chi connectivity index (χ2v) is 5.35. The van der Waals surface area contributed by atoms with Gasteiger partial charge in [0.05, 0.1) is 0 Å². The van der Waals surface area contributed by atoms with E-state index in [4.69, 9.17) is 28.3 Å². The number of rotatable bonds is 4. The molecule has 108 valence electrons. The van der Waals surface area contributed by atoms with E-state index in [0.717, 1.165) is 22.0 Å². The van der Waals surface area contributed by atoms with Gasteiger partial charge in [0.2, 0.25) is 0 Å². The Morgan fingerprint density at radius 3 is 1.50 bits per heavy atom. The minimum Gasteiger partial charge on any atom is -0.396 e. The first-order valence-corrected chi connectivity index (χ1v) is 7.51. The molecule has 0 aromatic heterocycles. The van der Waals surface area contributed by atoms with Gasteiger partial charge < -0.3 is 5.11 Å². The average molecular weight is 311 g/mol. The zero-order chi connectivity index (χ0) is 14.8. The third-order valence-corrected chi connectivity index (χ3v) is 3.27. The first-order chi connectivity index (χ1) is 9.65. The molecular weight excluding hydrogens is 291 g/mol. The normalized spacial score (nSPS) is 9.80. The van der Waals surface area contributed by atoms with Crippen LogP contribution in [-0.2, 0) is 12.8 Å². The lowest BCUT2D eigenvalue weighted by molar-refractivity contribution is 0.299. The summed E-state index contributed by atoms with van der Waals surface area (Å²) in [5, 5.41) is 10.1. The highest BCUT2D eigenvalue weighted by molar-refractivity contribution is 6.30. The maximum absolute atomic E-state index is 8.56. The summed E-state index contributed by atoms with van der Waals surface area (Å²) >= 11 is 11.4. The van der Waals surface area contributed by atoms with Crippen molar-refractivity contribution in [3.63, 3.8) is 0 Å². The summed E-state index contributed by atoms with van der Waals surface area (Å²) in [5.74, 6) is 0. The summed E-state index contributed by atoms with van der Waals surface area (Å²) in [7, 11) is 0. The van der Waals surface area contributed by atoms with E-state index in [-0.39, 0.29) is 6.61 Å². The van der Waals surface area contributed by atoms with Crippen LogP contribution in [0.1, 0.15) is 24.5 Å². The van der Waals surface area contributed by atoms with Gasteiger partial charge in [-0.25, -0.2) is 0 Å². The van der Waals surface area contributed by atoms with Crippen molar-refractivity contribution in [1.29, 1.82) is 0 Å². The van der Waals surface area contributed by atoms with Gasteiger partial charge in [0.25, 0.3) is 0 Å². The SMILES string of the molecule is CCCc1ccc(Cl)cc1.OCCc1ccc(Cl)cc1. The number of halogens is 2. The Morgan fingerprint density at radius 1 is 0.750 bits per heavy atom. The van der Waals surface area contributed by atoms with Crippen LogP contribution < -0.4 is 0 Å². The smallest absolute Gasteiger partial charge is 0.0471 e. The third kappa shape index (κ3) is 6.95. The molecule has 1 N–H and O–H groups in total. The molecule has 0 aliphatic carbocycles. The highest BCUT2D eigenvalue weighted by Crippen LogP contribution is 2.10. The van der Waals surface area contributed by atoms with Crippen molar-refractivity contribution >= 4 is 23.2 Å². The molecule has 2 aromatic carbocycles. The molecular formula is C17H20Cl2O. The van der Waals surface area contributed by atoms with E-state index in [1.165, 1.54) is 12.0 Å². The monoisotopic (exact) mass is 310 g/mol. The average Bonchev–Trinajstić information content (AvgIpc) is 2.45. The predicted octanol–water partition coefficient (Wildman–Crippen LogP) is 5.17. The lowest BCUT2D eigenvalue weighted by Gasteiger charge is -1.96. The molecule has 0 amide bonds. The van der Waals surface area contributed by atoms with E-state index in [0.29, 0.717) is 6.42 Å². The van der Waals surface area contributed by atoms with Gasteiger partial charge >= 0.3 is 0 Å². The Kier molecular flexibility index (Phi) is 8.36. The minimum atomic E-state index is 0.196. The lowest BCUT2D eigenvalue weighted by atomic mass is 10.1. The number of aryl methyl sites for hydroxylation is 1. The third-order valence-electron chi connectivity index (χ3n) is 2.77. The van der Waals surface area contributed by atoms with Crippen molar-refractivity contribution in [3.8, 4) is 0 Å². The molecule has 20 heavy (non-hydrogen) atoms. The van der Waals surface area contributed by atoms with Gasteiger partial charge in [-0.3, -0.25) is 0 Å². The topological polar surface area (TPSA) is 20.2 Å². The summed E-state index contributed by atoms with van der Waals surface area (Å²) in [6, 6.07) is 15.5. The zero-order valence-corrected chi connectivity index (χ0v) is 13.2. The Bertz CT molecular complexity index is 430. The molecule has 0 saturated carbocycles. The fraction of sp³-hybridized carbons (Fsp3) is 0.294. The Labute approximate surface area is 131 Å². The predicted molar refractivity (Wildman–Crippen MR) is 87.7 cm³/mol. The summed E-state index contributed by atoms with van der Waals surface area (Å²) in [6.45, 7) is 2.37. The molecule has 0 spiro atoms. The maximum atomic E-state index is 8.56. The Morgan fingerprint density at radius 2 is 1.15 bits per heavy atom. The van der Waals surface area contributed by atoms with Crippen LogP contribution in [0.25, 0.3) is 0 Å². The fourth-order valence-electron chi connectivity index (χ4n) is 1.72. The summed E-state index contributed by atoms with van der Waals surface area (Å²) in [4.78, 5) is 0. The van der Waals surface area contributed by atoms with Crippen LogP contribution in [0.15, 0.2) is 48.5 Å². The van der Waals surface area contributed by atoms with Crippen molar-refractivity contribution in [1.82, 2.24) is 0 Å². The van der Waals surface area contributed by atoms with E-state index < -0.39 is 0 Å². The van der Waals surface area contributed by atoms with Crippen LogP contribution in [0.5, 0.6) is 0 Å². The van der Waals surface area contributed by atoms with Crippen molar-refractivity contribution in [2.24, 2.45) is 0 Å². The fourth-order valence-corrected chi connectivity index (χ4v) is 1.97. The molecule has 1 nitrogen and oxygen atoms in total. The molecule has 0 unspecified atom stereocenters. The molecule has 2 aromatic rings. The molecule has 0 aliphatic rings. The molecule has 0 bridgehead atoms. The number of aliphatic hydroxyl groups excluding tert-OH is 1. The summed E-state index contributed by atoms with van der Waals surface area (Å²) in [5.41, 5.74) is 2.49. The van der Waals surface area contributed by atoms with Crippen molar-refractivity contribution in [3.05, 3.63) is 69.7 Å². The molecule has 2 rings (SSSR count). The Hall–Kier alpha value is -1.02. The maximum Gasteiger partial charge on any atom is 0.0471 e. The Balaban J connectivity index is 0.000000200. The van der Waals surface area contributed by atoms with Crippen molar-refractivity contribution in [2.75, 3.05) is 6.61 Å². The van der Waals surface area contributed by atoms with Crippen molar-refractivity contribution < 1.29 is 5.11 Å². The molecule has 0 fully saturated rings. The lowest BCUT2D eigenvalue weighted by Crippen LogP contribution is -1.88. The van der Waals surface area contributed by atoms with E-state index in [2.05, 4.69) is 19.1 Å². The summed E-state index contributed by atoms with van der Waals surface area (Å²) < 4.78 is 0. The van der Waals surface area contributed by atoms with Gasteiger partial charge in [-0.15, -0.1) is 0 Å². The molecule has 0 saturated heterocycles. The van der Waals surface area contributed by atoms with Crippen LogP contribution in [-0.4, -0.2) is 11.7 Å². The first kappa shape index (κ1) is 17.0. The number of hydrogen-bond donors (Lipinski definition) is 1. The van der Waals surface area contributed by atoms with Gasteiger partial charge in [-0.1, -0.05) is 60.8 Å². The van der Waals surface area contributed by atoms with Crippen LogP contribution >= 0.6 is 23.2 Å². The van der Waals surface area contributed by atoms with Crippen LogP contribution in [0, 0.1) is 0 Å². The van der Waals surface area contributed by atoms with Crippen LogP contribution in [0.2, 0.25) is 10.0 Å². The van der Waals surface area contributed by atoms with Gasteiger partial charge in [-0.2, -0.15) is 0 Å². The molecule has 0 atom stereocenters. The number of benzene rings is 2. The van der Waals surface area contributed by atoms with E-state index >= 15 is 0 Å².